The smallest absolute Gasteiger partial charge is 0.860 e. The number of carbonyl (C=O) groups excluding carboxylic acids is 2. The van der Waals surface area contributed by atoms with Crippen molar-refractivity contribution >= 4 is 36.3 Å². The molecule has 4 rings (SSSR count). The SMILES string of the molecule is NC(=O)c1cccnc1.NC(=O)c1cccnc1.O.O.O=c1cc([O-])[nH]c(=S)[nH]1.O=c1cc([O-])[nH]c(=S)[nH]1.[Ni+2].[OH3+].[OH3+].[OH3+].[OH3+]. The first-order valence-electron chi connectivity index (χ1n) is 9.39. The molecule has 0 radical (unpaired) electrons. The maximum atomic E-state index is 10.4. The van der Waals surface area contributed by atoms with Crippen LogP contribution in [-0.2, 0) is 38.4 Å². The van der Waals surface area contributed by atoms with Gasteiger partial charge in [0.1, 0.15) is 0 Å². The van der Waals surface area contributed by atoms with Crippen molar-refractivity contribution in [2.24, 2.45) is 11.5 Å². The number of primary amides is 2. The number of nitrogens with one attached hydrogen (secondary N) is 4. The van der Waals surface area contributed by atoms with E-state index in [9.17, 15) is 29.4 Å². The Morgan fingerprint density at radius 3 is 1.14 bits per heavy atom. The summed E-state index contributed by atoms with van der Waals surface area (Å²) >= 11 is 8.95. The molecule has 0 aliphatic heterocycles. The second-order valence-electron chi connectivity index (χ2n) is 6.12. The van der Waals surface area contributed by atoms with Crippen LogP contribution in [0.5, 0.6) is 11.8 Å². The number of nitrogens with zero attached hydrogens (tertiary/aromatic N) is 2. The van der Waals surface area contributed by atoms with Gasteiger partial charge in [-0.05, 0) is 60.5 Å². The number of hydrogen-bond donors (Lipinski definition) is 6. The molecule has 0 fully saturated rings. The van der Waals surface area contributed by atoms with E-state index < -0.39 is 34.7 Å². The summed E-state index contributed by atoms with van der Waals surface area (Å²) in [6.07, 6.45) is 6.05. The number of aromatic nitrogens is 6. The van der Waals surface area contributed by atoms with Crippen molar-refractivity contribution in [3.05, 3.63) is 103 Å². The Labute approximate surface area is 260 Å². The molecule has 0 aromatic carbocycles. The second-order valence-corrected chi connectivity index (χ2v) is 6.93. The van der Waals surface area contributed by atoms with Gasteiger partial charge in [0, 0.05) is 36.9 Å². The molecule has 4 aromatic rings. The van der Waals surface area contributed by atoms with Crippen LogP contribution in [0.3, 0.4) is 0 Å². The number of carbonyl (C=O) groups is 2. The van der Waals surface area contributed by atoms with Gasteiger partial charge in [-0.1, -0.05) is 0 Å². The Kier molecular flexibility index (Phi) is 36.4. The van der Waals surface area contributed by atoms with Crippen molar-refractivity contribution in [1.82, 2.24) is 29.9 Å². The molecule has 0 atom stereocenters. The minimum Gasteiger partial charge on any atom is -0.860 e. The third-order valence-corrected chi connectivity index (χ3v) is 3.77. The molecule has 0 aliphatic carbocycles. The quantitative estimate of drug-likeness (QED) is 0.0652. The van der Waals surface area contributed by atoms with Gasteiger partial charge < -0.3 is 64.5 Å². The fourth-order valence-electron chi connectivity index (χ4n) is 1.91. The molecule has 0 bridgehead atoms. The molecule has 0 aliphatic rings. The molecule has 2 amide bonds. The zero-order chi connectivity index (χ0) is 27.1. The van der Waals surface area contributed by atoms with Gasteiger partial charge in [0.15, 0.2) is 9.54 Å². The normalized spacial score (nSPS) is 7.63. The van der Waals surface area contributed by atoms with E-state index in [0.717, 1.165) is 12.1 Å². The van der Waals surface area contributed by atoms with Gasteiger partial charge in [-0.2, -0.15) is 0 Å². The average Bonchev–Trinajstić information content (AvgIpc) is 2.80. The maximum absolute atomic E-state index is 10.4. The third-order valence-electron chi connectivity index (χ3n) is 3.36. The van der Waals surface area contributed by atoms with Crippen molar-refractivity contribution in [2.75, 3.05) is 0 Å². The van der Waals surface area contributed by atoms with Crippen LogP contribution in [0.2, 0.25) is 0 Å². The van der Waals surface area contributed by atoms with E-state index in [1.165, 1.54) is 12.4 Å². The molecule has 43 heavy (non-hydrogen) atoms. The maximum Gasteiger partial charge on any atom is 2.00 e. The molecule has 24 N–H and O–H groups in total. The zero-order valence-corrected chi connectivity index (χ0v) is 24.3. The molecule has 4 heterocycles. The summed E-state index contributed by atoms with van der Waals surface area (Å²) in [5, 5.41) is 20.7. The minimum atomic E-state index is -0.469. The molecule has 23 heteroatoms. The fourth-order valence-corrected chi connectivity index (χ4v) is 2.31. The van der Waals surface area contributed by atoms with Crippen LogP contribution in [-0.4, -0.2) is 52.7 Å². The molecular formula is C20H34N8NiO12S2+4. The van der Waals surface area contributed by atoms with Crippen molar-refractivity contribution < 1.29 is 69.2 Å². The first-order valence-corrected chi connectivity index (χ1v) is 10.2. The van der Waals surface area contributed by atoms with E-state index in [1.807, 2.05) is 0 Å². The minimum absolute atomic E-state index is 0. The molecule has 244 valence electrons. The molecule has 0 saturated heterocycles. The van der Waals surface area contributed by atoms with Crippen LogP contribution in [0.1, 0.15) is 20.7 Å². The summed E-state index contributed by atoms with van der Waals surface area (Å²) in [7, 11) is 0. The van der Waals surface area contributed by atoms with Crippen LogP contribution in [0.25, 0.3) is 0 Å². The molecule has 0 saturated carbocycles. The second kappa shape index (κ2) is 28.8. The van der Waals surface area contributed by atoms with E-state index in [0.29, 0.717) is 11.1 Å². The van der Waals surface area contributed by atoms with Gasteiger partial charge in [-0.15, -0.1) is 0 Å². The number of pyridine rings is 2. The van der Waals surface area contributed by atoms with Crippen molar-refractivity contribution in [3.8, 4) is 11.8 Å². The van der Waals surface area contributed by atoms with E-state index in [-0.39, 0.29) is 58.9 Å². The molecule has 20 nitrogen and oxygen atoms in total. The number of H-pyrrole nitrogens is 4. The fraction of sp³-hybridized carbons (Fsp3) is 0. The Hall–Kier alpha value is -4.71. The van der Waals surface area contributed by atoms with Crippen LogP contribution in [0, 0.1) is 9.54 Å². The molecule has 0 unspecified atom stereocenters. The Bertz CT molecular complexity index is 1350. The summed E-state index contributed by atoms with van der Waals surface area (Å²) in [5.41, 5.74) is 9.82. The van der Waals surface area contributed by atoms with E-state index >= 15 is 0 Å². The topological polar surface area (TPSA) is 450 Å². The zero-order valence-electron chi connectivity index (χ0n) is 21.7. The molecule has 0 spiro atoms. The van der Waals surface area contributed by atoms with Gasteiger partial charge in [0.25, 0.3) is 11.1 Å². The Morgan fingerprint density at radius 2 is 0.977 bits per heavy atom. The number of hydrogen-bond acceptors (Lipinski definition) is 10. The monoisotopic (exact) mass is 700 g/mol. The van der Waals surface area contributed by atoms with Crippen LogP contribution >= 0.6 is 24.4 Å². The average molecular weight is 701 g/mol. The summed E-state index contributed by atoms with van der Waals surface area (Å²) in [5.74, 6) is -1.82. The van der Waals surface area contributed by atoms with E-state index in [2.05, 4.69) is 54.3 Å². The van der Waals surface area contributed by atoms with Gasteiger partial charge >= 0.3 is 16.5 Å². The first-order chi connectivity index (χ1) is 17.0. The Balaban J connectivity index is -0.0000000762. The van der Waals surface area contributed by atoms with Gasteiger partial charge in [0.05, 0.1) is 11.1 Å². The number of nitrogens with two attached hydrogens (primary N) is 2. The number of aromatic amines is 4. The van der Waals surface area contributed by atoms with Gasteiger partial charge in [0.2, 0.25) is 11.8 Å². The molecular weight excluding hydrogens is 667 g/mol. The van der Waals surface area contributed by atoms with Crippen LogP contribution in [0.15, 0.2) is 70.8 Å². The van der Waals surface area contributed by atoms with Crippen molar-refractivity contribution in [3.63, 3.8) is 0 Å². The van der Waals surface area contributed by atoms with E-state index in [1.54, 1.807) is 36.7 Å². The molecule has 4 aromatic heterocycles. The van der Waals surface area contributed by atoms with Gasteiger partial charge in [-0.3, -0.25) is 39.1 Å². The number of rotatable bonds is 2. The Morgan fingerprint density at radius 1 is 0.674 bits per heavy atom. The first kappa shape index (κ1) is 54.4. The number of amides is 2. The third kappa shape index (κ3) is 24.8. The summed E-state index contributed by atoms with van der Waals surface area (Å²) in [6.45, 7) is 0. The largest absolute Gasteiger partial charge is 2.00 e. The van der Waals surface area contributed by atoms with Crippen LogP contribution < -0.4 is 32.8 Å². The summed E-state index contributed by atoms with van der Waals surface area (Å²) in [6, 6.07) is 8.37. The van der Waals surface area contributed by atoms with Crippen molar-refractivity contribution in [2.45, 2.75) is 0 Å². The summed E-state index contributed by atoms with van der Waals surface area (Å²) in [4.78, 5) is 57.8. The standard InChI is InChI=1S/2C6H6N2O.2C4H4N2O2S.Ni.6H2O/c2*7-6(9)5-2-1-3-8-4-5;2*7-2-1-3(8)6-4(9)5-2;;;;;;;/h2*1-4H,(H2,7,9);2*1H,(H3,5,6,7,8,9);;6*1H2/q;;;;+2;;;;;;/p+2. The summed E-state index contributed by atoms with van der Waals surface area (Å²) < 4.78 is 0.125. The predicted molar refractivity (Wildman–Crippen MR) is 156 cm³/mol. The van der Waals surface area contributed by atoms with Crippen LogP contribution in [0.4, 0.5) is 0 Å². The van der Waals surface area contributed by atoms with Crippen molar-refractivity contribution in [1.29, 1.82) is 0 Å². The van der Waals surface area contributed by atoms with Gasteiger partial charge in [-0.25, -0.2) is 0 Å². The predicted octanol–water partition coefficient (Wildman–Crippen LogP) is -5.97. The van der Waals surface area contributed by atoms with E-state index in [4.69, 9.17) is 11.5 Å².